The van der Waals surface area contributed by atoms with Gasteiger partial charge in [-0.05, 0) is 12.5 Å². The van der Waals surface area contributed by atoms with Gasteiger partial charge in [0.2, 0.25) is 10.0 Å². The molecule has 1 aliphatic rings. The van der Waals surface area contributed by atoms with Gasteiger partial charge in [-0.15, -0.1) is 11.6 Å². The van der Waals surface area contributed by atoms with Gasteiger partial charge in [-0.3, -0.25) is 0 Å². The fraction of sp³-hybridized carbons (Fsp3) is 0.636. The van der Waals surface area contributed by atoms with E-state index in [0.717, 1.165) is 12.1 Å². The van der Waals surface area contributed by atoms with E-state index in [-0.39, 0.29) is 0 Å². The van der Waals surface area contributed by atoms with E-state index in [9.17, 15) is 8.42 Å². The average Bonchev–Trinajstić information content (AvgIpc) is 2.55. The van der Waals surface area contributed by atoms with Gasteiger partial charge >= 0.3 is 0 Å². The van der Waals surface area contributed by atoms with Gasteiger partial charge in [-0.25, -0.2) is 8.42 Å². The Morgan fingerprint density at radius 3 is 2.83 bits per heavy atom. The molecule has 0 bridgehead atoms. The van der Waals surface area contributed by atoms with E-state index in [4.69, 9.17) is 16.3 Å². The maximum absolute atomic E-state index is 12.4. The number of hydrogen-bond donors (Lipinski definition) is 0. The van der Waals surface area contributed by atoms with Crippen molar-refractivity contribution in [1.82, 2.24) is 8.87 Å². The molecular weight excluding hydrogens is 276 g/mol. The summed E-state index contributed by atoms with van der Waals surface area (Å²) in [7, 11) is -1.63. The number of rotatable bonds is 3. The SMILES string of the molecule is Cn1cc(S(=O)(=O)N2CCCOCC2)cc1CCl. The van der Waals surface area contributed by atoms with E-state index in [1.807, 2.05) is 0 Å². The van der Waals surface area contributed by atoms with Crippen LogP contribution in [0.4, 0.5) is 0 Å². The number of hydrogen-bond acceptors (Lipinski definition) is 3. The standard InChI is InChI=1S/C11H17ClN2O3S/c1-13-9-11(7-10(13)8-12)18(15,16)14-3-2-5-17-6-4-14/h7,9H,2-6,8H2,1H3. The lowest BCUT2D eigenvalue weighted by molar-refractivity contribution is 0.148. The maximum atomic E-state index is 12.4. The molecule has 1 aliphatic heterocycles. The molecule has 1 saturated heterocycles. The zero-order chi connectivity index (χ0) is 13.2. The molecule has 1 aromatic heterocycles. The first-order chi connectivity index (χ1) is 8.55. The van der Waals surface area contributed by atoms with Crippen LogP contribution in [-0.4, -0.2) is 43.6 Å². The van der Waals surface area contributed by atoms with Crippen molar-refractivity contribution < 1.29 is 13.2 Å². The Morgan fingerprint density at radius 2 is 2.17 bits per heavy atom. The minimum Gasteiger partial charge on any atom is -0.380 e. The number of alkyl halides is 1. The van der Waals surface area contributed by atoms with Crippen LogP contribution < -0.4 is 0 Å². The summed E-state index contributed by atoms with van der Waals surface area (Å²) in [4.78, 5) is 0.308. The summed E-state index contributed by atoms with van der Waals surface area (Å²) in [6.07, 6.45) is 2.34. The summed E-state index contributed by atoms with van der Waals surface area (Å²) >= 11 is 5.76. The van der Waals surface area contributed by atoms with Gasteiger partial charge in [0.15, 0.2) is 0 Å². The molecular formula is C11H17ClN2O3S. The van der Waals surface area contributed by atoms with Gasteiger partial charge in [-0.2, -0.15) is 4.31 Å². The highest BCUT2D eigenvalue weighted by molar-refractivity contribution is 7.89. The minimum absolute atomic E-state index is 0.301. The van der Waals surface area contributed by atoms with E-state index in [0.29, 0.717) is 37.1 Å². The lowest BCUT2D eigenvalue weighted by atomic mass is 10.5. The third kappa shape index (κ3) is 2.71. The number of halogens is 1. The Morgan fingerprint density at radius 1 is 1.39 bits per heavy atom. The second-order valence-corrected chi connectivity index (χ2v) is 6.49. The second kappa shape index (κ2) is 5.61. The minimum atomic E-state index is -3.42. The van der Waals surface area contributed by atoms with Crippen LogP contribution in [0.25, 0.3) is 0 Å². The topological polar surface area (TPSA) is 51.5 Å². The third-order valence-electron chi connectivity index (χ3n) is 3.04. The third-order valence-corrected chi connectivity index (χ3v) is 5.18. The number of nitrogens with zero attached hydrogens (tertiary/aromatic N) is 2. The molecule has 102 valence electrons. The molecule has 0 aromatic carbocycles. The molecule has 0 spiro atoms. The zero-order valence-corrected chi connectivity index (χ0v) is 11.9. The van der Waals surface area contributed by atoms with Gasteiger partial charge in [0, 0.05) is 38.6 Å². The largest absolute Gasteiger partial charge is 0.380 e. The summed E-state index contributed by atoms with van der Waals surface area (Å²) < 4.78 is 33.4. The molecule has 18 heavy (non-hydrogen) atoms. The summed E-state index contributed by atoms with van der Waals surface area (Å²) in [6.45, 7) is 1.99. The van der Waals surface area contributed by atoms with Crippen LogP contribution in [0.15, 0.2) is 17.2 Å². The molecule has 2 heterocycles. The summed E-state index contributed by atoms with van der Waals surface area (Å²) in [5, 5.41) is 0. The normalized spacial score (nSPS) is 18.8. The highest BCUT2D eigenvalue weighted by Gasteiger charge is 2.26. The van der Waals surface area contributed by atoms with Crippen LogP contribution in [0.5, 0.6) is 0 Å². The van der Waals surface area contributed by atoms with Gasteiger partial charge < -0.3 is 9.30 Å². The number of aromatic nitrogens is 1. The van der Waals surface area contributed by atoms with E-state index < -0.39 is 10.0 Å². The van der Waals surface area contributed by atoms with Crippen LogP contribution in [0, 0.1) is 0 Å². The van der Waals surface area contributed by atoms with Crippen molar-refractivity contribution >= 4 is 21.6 Å². The van der Waals surface area contributed by atoms with Crippen LogP contribution in [-0.2, 0) is 27.7 Å². The highest BCUT2D eigenvalue weighted by atomic mass is 35.5. The van der Waals surface area contributed by atoms with E-state index in [1.165, 1.54) is 4.31 Å². The first kappa shape index (κ1) is 13.9. The molecule has 0 unspecified atom stereocenters. The molecule has 7 heteroatoms. The average molecular weight is 293 g/mol. The van der Waals surface area contributed by atoms with Crippen molar-refractivity contribution in [3.63, 3.8) is 0 Å². The second-order valence-electron chi connectivity index (χ2n) is 4.28. The van der Waals surface area contributed by atoms with Crippen LogP contribution in [0.3, 0.4) is 0 Å². The first-order valence-corrected chi connectivity index (χ1v) is 7.82. The summed E-state index contributed by atoms with van der Waals surface area (Å²) in [5.74, 6) is 0.301. The number of sulfonamides is 1. The lowest BCUT2D eigenvalue weighted by Gasteiger charge is -2.18. The molecule has 0 radical (unpaired) electrons. The van der Waals surface area contributed by atoms with E-state index in [1.54, 1.807) is 23.9 Å². The van der Waals surface area contributed by atoms with Gasteiger partial charge in [-0.1, -0.05) is 0 Å². The van der Waals surface area contributed by atoms with Crippen LogP contribution >= 0.6 is 11.6 Å². The van der Waals surface area contributed by atoms with Gasteiger partial charge in [0.1, 0.15) is 4.90 Å². The Kier molecular flexibility index (Phi) is 4.32. The molecule has 5 nitrogen and oxygen atoms in total. The maximum Gasteiger partial charge on any atom is 0.244 e. The Balaban J connectivity index is 2.28. The molecule has 0 N–H and O–H groups in total. The summed E-state index contributed by atoms with van der Waals surface area (Å²) in [5.41, 5.74) is 0.793. The van der Waals surface area contributed by atoms with Crippen molar-refractivity contribution in [2.75, 3.05) is 26.3 Å². The first-order valence-electron chi connectivity index (χ1n) is 5.85. The number of ether oxygens (including phenoxy) is 1. The molecule has 1 fully saturated rings. The quantitative estimate of drug-likeness (QED) is 0.786. The van der Waals surface area contributed by atoms with Crippen molar-refractivity contribution in [3.05, 3.63) is 18.0 Å². The smallest absolute Gasteiger partial charge is 0.244 e. The lowest BCUT2D eigenvalue weighted by Crippen LogP contribution is -2.33. The Labute approximate surface area is 112 Å². The van der Waals surface area contributed by atoms with Crippen molar-refractivity contribution in [2.24, 2.45) is 7.05 Å². The monoisotopic (exact) mass is 292 g/mol. The van der Waals surface area contributed by atoms with Gasteiger partial charge in [0.25, 0.3) is 0 Å². The molecule has 0 saturated carbocycles. The summed E-state index contributed by atoms with van der Waals surface area (Å²) in [6, 6.07) is 1.63. The van der Waals surface area contributed by atoms with Crippen molar-refractivity contribution in [3.8, 4) is 0 Å². The Bertz CT molecular complexity index is 504. The van der Waals surface area contributed by atoms with E-state index in [2.05, 4.69) is 0 Å². The van der Waals surface area contributed by atoms with Gasteiger partial charge in [0.05, 0.1) is 12.5 Å². The zero-order valence-electron chi connectivity index (χ0n) is 10.3. The number of aryl methyl sites for hydroxylation is 1. The molecule has 0 atom stereocenters. The van der Waals surface area contributed by atoms with Crippen molar-refractivity contribution in [2.45, 2.75) is 17.2 Å². The predicted octanol–water partition coefficient (Wildman–Crippen LogP) is 1.17. The van der Waals surface area contributed by atoms with Crippen LogP contribution in [0.2, 0.25) is 0 Å². The van der Waals surface area contributed by atoms with Crippen molar-refractivity contribution in [1.29, 1.82) is 0 Å². The fourth-order valence-electron chi connectivity index (χ4n) is 1.96. The highest BCUT2D eigenvalue weighted by Crippen LogP contribution is 2.20. The molecule has 2 rings (SSSR count). The van der Waals surface area contributed by atoms with Crippen LogP contribution in [0.1, 0.15) is 12.1 Å². The predicted molar refractivity (Wildman–Crippen MR) is 69.2 cm³/mol. The molecule has 1 aromatic rings. The molecule has 0 amide bonds. The Hall–Kier alpha value is -0.560. The van der Waals surface area contributed by atoms with E-state index >= 15 is 0 Å². The fourth-order valence-corrected chi connectivity index (χ4v) is 3.79. The molecule has 0 aliphatic carbocycles.